The lowest BCUT2D eigenvalue weighted by atomic mass is 10.0. The largest absolute Gasteiger partial charge is 0.327 e. The molecule has 0 N–H and O–H groups in total. The van der Waals surface area contributed by atoms with E-state index in [1.165, 1.54) is 0 Å². The molecule has 1 aromatic carbocycles. The molecule has 0 fully saturated rings. The Morgan fingerprint density at radius 2 is 2.33 bits per heavy atom. The van der Waals surface area contributed by atoms with Crippen molar-refractivity contribution in [3.63, 3.8) is 0 Å². The maximum atomic E-state index is 11.7. The lowest BCUT2D eigenvalue weighted by Crippen LogP contribution is -2.15. The summed E-state index contributed by atoms with van der Waals surface area (Å²) in [5.41, 5.74) is 2.83. The number of nitrogens with zero attached hydrogens (tertiary/aromatic N) is 2. The van der Waals surface area contributed by atoms with Crippen molar-refractivity contribution in [1.29, 1.82) is 0 Å². The highest BCUT2D eigenvalue weighted by Gasteiger charge is 2.21. The van der Waals surface area contributed by atoms with Crippen molar-refractivity contribution in [3.05, 3.63) is 29.6 Å². The van der Waals surface area contributed by atoms with Crippen LogP contribution in [0.25, 0.3) is 11.0 Å². The number of Topliss-reactive ketones (excluding diaryl/α,β-unsaturated/α-hetero) is 1. The van der Waals surface area contributed by atoms with Crippen molar-refractivity contribution in [2.75, 3.05) is 0 Å². The summed E-state index contributed by atoms with van der Waals surface area (Å²) in [4.78, 5) is 16.3. The summed E-state index contributed by atoms with van der Waals surface area (Å²) in [6.07, 6.45) is 1.53. The summed E-state index contributed by atoms with van der Waals surface area (Å²) in [5, 5.41) is 0. The molecule has 0 atom stereocenters. The van der Waals surface area contributed by atoms with Crippen LogP contribution in [0.1, 0.15) is 29.5 Å². The Labute approximate surface area is 87.7 Å². The molecule has 0 saturated heterocycles. The molecule has 3 rings (SSSR count). The summed E-state index contributed by atoms with van der Waals surface area (Å²) in [5.74, 6) is 1.33. The predicted molar refractivity (Wildman–Crippen MR) is 58.1 cm³/mol. The first-order chi connectivity index (χ1) is 7.31. The first-order valence-corrected chi connectivity index (χ1v) is 5.32. The van der Waals surface area contributed by atoms with E-state index in [1.807, 2.05) is 18.2 Å². The third-order valence-corrected chi connectivity index (χ3v) is 3.02. The summed E-state index contributed by atoms with van der Waals surface area (Å²) < 4.78 is 2.19. The van der Waals surface area contributed by atoms with Crippen LogP contribution in [0.15, 0.2) is 18.2 Å². The molecular formula is C12H12N2O. The molecule has 0 aliphatic carbocycles. The second kappa shape index (κ2) is 2.92. The number of aryl methyl sites for hydroxylation is 2. The molecule has 0 bridgehead atoms. The second-order valence-electron chi connectivity index (χ2n) is 3.88. The van der Waals surface area contributed by atoms with E-state index in [4.69, 9.17) is 0 Å². The minimum atomic E-state index is 0.246. The van der Waals surface area contributed by atoms with Crippen molar-refractivity contribution < 1.29 is 4.79 Å². The summed E-state index contributed by atoms with van der Waals surface area (Å²) in [6, 6.07) is 5.80. The van der Waals surface area contributed by atoms with Crippen LogP contribution in [0, 0.1) is 0 Å². The van der Waals surface area contributed by atoms with E-state index in [2.05, 4.69) is 16.5 Å². The van der Waals surface area contributed by atoms with E-state index in [0.717, 1.165) is 35.4 Å². The Morgan fingerprint density at radius 1 is 1.47 bits per heavy atom. The van der Waals surface area contributed by atoms with E-state index < -0.39 is 0 Å². The van der Waals surface area contributed by atoms with Gasteiger partial charge in [-0.2, -0.15) is 0 Å². The number of carbonyl (C=O) groups excluding carboxylic acids is 1. The quantitative estimate of drug-likeness (QED) is 0.707. The van der Waals surface area contributed by atoms with Gasteiger partial charge in [0.25, 0.3) is 0 Å². The van der Waals surface area contributed by atoms with E-state index in [9.17, 15) is 4.79 Å². The van der Waals surface area contributed by atoms with Crippen LogP contribution in [0.3, 0.4) is 0 Å². The molecule has 15 heavy (non-hydrogen) atoms. The lowest BCUT2D eigenvalue weighted by Gasteiger charge is -2.15. The third kappa shape index (κ3) is 1.06. The van der Waals surface area contributed by atoms with Crippen molar-refractivity contribution in [2.24, 2.45) is 0 Å². The summed E-state index contributed by atoms with van der Waals surface area (Å²) >= 11 is 0. The molecular weight excluding hydrogens is 188 g/mol. The Balaban J connectivity index is 2.45. The average Bonchev–Trinajstić information content (AvgIpc) is 2.63. The van der Waals surface area contributed by atoms with E-state index in [0.29, 0.717) is 6.42 Å². The van der Waals surface area contributed by atoms with Crippen LogP contribution >= 0.6 is 0 Å². The van der Waals surface area contributed by atoms with Gasteiger partial charge in [-0.1, -0.05) is 13.0 Å². The molecule has 2 heterocycles. The monoisotopic (exact) mass is 200 g/mol. The van der Waals surface area contributed by atoms with Crippen LogP contribution in [0.5, 0.6) is 0 Å². The SMILES string of the molecule is CCc1nc2cccc3c2n1CCC3=O. The highest BCUT2D eigenvalue weighted by Crippen LogP contribution is 2.26. The van der Waals surface area contributed by atoms with Crippen LogP contribution in [-0.2, 0) is 13.0 Å². The zero-order valence-corrected chi connectivity index (χ0v) is 8.66. The Bertz CT molecular complexity index is 554. The van der Waals surface area contributed by atoms with E-state index in [1.54, 1.807) is 0 Å². The molecule has 3 heteroatoms. The van der Waals surface area contributed by atoms with Crippen LogP contribution in [0.4, 0.5) is 0 Å². The minimum absolute atomic E-state index is 0.246. The van der Waals surface area contributed by atoms with Crippen molar-refractivity contribution in [1.82, 2.24) is 9.55 Å². The van der Waals surface area contributed by atoms with Gasteiger partial charge in [-0.3, -0.25) is 4.79 Å². The Hall–Kier alpha value is -1.64. The van der Waals surface area contributed by atoms with Crippen molar-refractivity contribution in [3.8, 4) is 0 Å². The van der Waals surface area contributed by atoms with Gasteiger partial charge in [0.15, 0.2) is 5.78 Å². The van der Waals surface area contributed by atoms with Gasteiger partial charge < -0.3 is 4.57 Å². The number of benzene rings is 1. The smallest absolute Gasteiger partial charge is 0.166 e. The van der Waals surface area contributed by atoms with Gasteiger partial charge in [-0.05, 0) is 12.1 Å². The fraction of sp³-hybridized carbons (Fsp3) is 0.333. The van der Waals surface area contributed by atoms with Gasteiger partial charge in [-0.15, -0.1) is 0 Å². The maximum absolute atomic E-state index is 11.7. The number of hydrogen-bond acceptors (Lipinski definition) is 2. The molecule has 1 aromatic heterocycles. The highest BCUT2D eigenvalue weighted by molar-refractivity contribution is 6.07. The number of hydrogen-bond donors (Lipinski definition) is 0. The fourth-order valence-corrected chi connectivity index (χ4v) is 2.32. The minimum Gasteiger partial charge on any atom is -0.327 e. The van der Waals surface area contributed by atoms with Crippen LogP contribution < -0.4 is 0 Å². The topological polar surface area (TPSA) is 34.9 Å². The average molecular weight is 200 g/mol. The number of aromatic nitrogens is 2. The molecule has 0 radical (unpaired) electrons. The zero-order chi connectivity index (χ0) is 10.4. The second-order valence-corrected chi connectivity index (χ2v) is 3.88. The predicted octanol–water partition coefficient (Wildman–Crippen LogP) is 2.19. The Kier molecular flexibility index (Phi) is 1.69. The molecule has 2 aromatic rings. The molecule has 3 nitrogen and oxygen atoms in total. The van der Waals surface area contributed by atoms with Crippen LogP contribution in [0.2, 0.25) is 0 Å². The highest BCUT2D eigenvalue weighted by atomic mass is 16.1. The molecule has 1 aliphatic rings. The Morgan fingerprint density at radius 3 is 3.13 bits per heavy atom. The van der Waals surface area contributed by atoms with Gasteiger partial charge in [0.2, 0.25) is 0 Å². The molecule has 0 unspecified atom stereocenters. The lowest BCUT2D eigenvalue weighted by molar-refractivity contribution is 0.0973. The molecule has 0 amide bonds. The first kappa shape index (κ1) is 8.65. The van der Waals surface area contributed by atoms with Gasteiger partial charge in [0, 0.05) is 24.9 Å². The van der Waals surface area contributed by atoms with Gasteiger partial charge in [0.1, 0.15) is 5.82 Å². The number of imidazole rings is 1. The zero-order valence-electron chi connectivity index (χ0n) is 8.66. The van der Waals surface area contributed by atoms with E-state index in [-0.39, 0.29) is 5.78 Å². The molecule has 0 saturated carbocycles. The summed E-state index contributed by atoms with van der Waals surface area (Å²) in [6.45, 7) is 2.89. The molecule has 1 aliphatic heterocycles. The van der Waals surface area contributed by atoms with Crippen LogP contribution in [-0.4, -0.2) is 15.3 Å². The normalized spacial score (nSPS) is 14.9. The third-order valence-electron chi connectivity index (χ3n) is 3.02. The number of carbonyl (C=O) groups is 1. The number of ketones is 1. The van der Waals surface area contributed by atoms with Gasteiger partial charge in [0.05, 0.1) is 11.0 Å². The summed E-state index contributed by atoms with van der Waals surface area (Å²) in [7, 11) is 0. The van der Waals surface area contributed by atoms with Crippen molar-refractivity contribution in [2.45, 2.75) is 26.3 Å². The number of rotatable bonds is 1. The number of para-hydroxylation sites is 1. The van der Waals surface area contributed by atoms with Gasteiger partial charge >= 0.3 is 0 Å². The van der Waals surface area contributed by atoms with Crippen molar-refractivity contribution >= 4 is 16.8 Å². The first-order valence-electron chi connectivity index (χ1n) is 5.32. The fourth-order valence-electron chi connectivity index (χ4n) is 2.32. The van der Waals surface area contributed by atoms with Gasteiger partial charge in [-0.25, -0.2) is 4.98 Å². The molecule has 76 valence electrons. The molecule has 0 spiro atoms. The maximum Gasteiger partial charge on any atom is 0.166 e. The standard InChI is InChI=1S/C12H12N2O/c1-2-11-13-9-5-3-4-8-10(15)6-7-14(11)12(8)9/h3-5H,2,6-7H2,1H3. The van der Waals surface area contributed by atoms with E-state index >= 15 is 0 Å².